The zero-order valence-electron chi connectivity index (χ0n) is 15.9. The number of likely N-dealkylation sites (N-methyl/N-ethyl adjacent to an activating group) is 1. The van der Waals surface area contributed by atoms with Crippen LogP contribution >= 0.6 is 11.8 Å². The fourth-order valence-corrected chi connectivity index (χ4v) is 3.73. The first-order valence-electron chi connectivity index (χ1n) is 9.20. The SMILES string of the molecule is CCCOc1ccccc1/C=C1/SC(=Nc2ccccc2CC)N(C)C1=O. The molecule has 1 amide bonds. The van der Waals surface area contributed by atoms with Gasteiger partial charge >= 0.3 is 0 Å². The second-order valence-corrected chi connectivity index (χ2v) is 7.25. The topological polar surface area (TPSA) is 41.9 Å². The molecule has 0 saturated carbocycles. The van der Waals surface area contributed by atoms with E-state index in [0.717, 1.165) is 29.8 Å². The molecule has 1 aliphatic rings. The number of ether oxygens (including phenoxy) is 1. The molecule has 0 radical (unpaired) electrons. The minimum absolute atomic E-state index is 0.0435. The number of amidine groups is 1. The van der Waals surface area contributed by atoms with Crippen LogP contribution < -0.4 is 4.74 Å². The predicted molar refractivity (Wildman–Crippen MR) is 113 cm³/mol. The average Bonchev–Trinajstić information content (AvgIpc) is 2.95. The van der Waals surface area contributed by atoms with E-state index < -0.39 is 0 Å². The third kappa shape index (κ3) is 4.42. The summed E-state index contributed by atoms with van der Waals surface area (Å²) >= 11 is 1.40. The molecule has 140 valence electrons. The fourth-order valence-electron chi connectivity index (χ4n) is 2.76. The molecule has 1 heterocycles. The molecule has 27 heavy (non-hydrogen) atoms. The molecule has 0 spiro atoms. The molecule has 5 heteroatoms. The molecule has 0 N–H and O–H groups in total. The van der Waals surface area contributed by atoms with Crippen LogP contribution in [0, 0.1) is 0 Å². The molecule has 0 bridgehead atoms. The highest BCUT2D eigenvalue weighted by Crippen LogP contribution is 2.35. The van der Waals surface area contributed by atoms with Crippen LogP contribution in [0.25, 0.3) is 6.08 Å². The quantitative estimate of drug-likeness (QED) is 0.641. The van der Waals surface area contributed by atoms with Crippen LogP contribution in [-0.4, -0.2) is 29.6 Å². The van der Waals surface area contributed by atoms with Gasteiger partial charge in [-0.15, -0.1) is 0 Å². The van der Waals surface area contributed by atoms with Crippen molar-refractivity contribution in [3.05, 3.63) is 64.6 Å². The smallest absolute Gasteiger partial charge is 0.266 e. The van der Waals surface area contributed by atoms with Crippen molar-refractivity contribution >= 4 is 34.6 Å². The summed E-state index contributed by atoms with van der Waals surface area (Å²) in [6, 6.07) is 15.8. The highest BCUT2D eigenvalue weighted by atomic mass is 32.2. The maximum absolute atomic E-state index is 12.7. The molecule has 0 aromatic heterocycles. The average molecular weight is 381 g/mol. The van der Waals surface area contributed by atoms with E-state index in [0.29, 0.717) is 16.7 Å². The third-order valence-electron chi connectivity index (χ3n) is 4.26. The summed E-state index contributed by atoms with van der Waals surface area (Å²) in [5, 5.41) is 0.694. The molecule has 4 nitrogen and oxygen atoms in total. The van der Waals surface area contributed by atoms with Gasteiger partial charge in [0.15, 0.2) is 5.17 Å². The number of hydrogen-bond donors (Lipinski definition) is 0. The molecule has 1 aliphatic heterocycles. The molecular weight excluding hydrogens is 356 g/mol. The number of thioether (sulfide) groups is 1. The molecule has 1 saturated heterocycles. The molecule has 2 aromatic carbocycles. The first-order chi connectivity index (χ1) is 13.1. The van der Waals surface area contributed by atoms with Gasteiger partial charge in [0.05, 0.1) is 17.2 Å². The maximum Gasteiger partial charge on any atom is 0.266 e. The van der Waals surface area contributed by atoms with Crippen LogP contribution in [0.2, 0.25) is 0 Å². The number of aliphatic imine (C=N–C) groups is 1. The lowest BCUT2D eigenvalue weighted by atomic mass is 10.1. The van der Waals surface area contributed by atoms with Gasteiger partial charge in [0.1, 0.15) is 5.75 Å². The van der Waals surface area contributed by atoms with Gasteiger partial charge in [-0.1, -0.05) is 50.2 Å². The summed E-state index contributed by atoms with van der Waals surface area (Å²) in [6.45, 7) is 4.83. The molecule has 1 fully saturated rings. The summed E-state index contributed by atoms with van der Waals surface area (Å²) < 4.78 is 5.80. The minimum Gasteiger partial charge on any atom is -0.493 e. The monoisotopic (exact) mass is 380 g/mol. The van der Waals surface area contributed by atoms with Crippen molar-refractivity contribution < 1.29 is 9.53 Å². The van der Waals surface area contributed by atoms with Crippen molar-refractivity contribution in [1.82, 2.24) is 4.90 Å². The van der Waals surface area contributed by atoms with Crippen molar-refractivity contribution in [2.75, 3.05) is 13.7 Å². The van der Waals surface area contributed by atoms with E-state index >= 15 is 0 Å². The number of carbonyl (C=O) groups is 1. The van der Waals surface area contributed by atoms with Gasteiger partial charge < -0.3 is 4.74 Å². The van der Waals surface area contributed by atoms with Crippen LogP contribution in [0.3, 0.4) is 0 Å². The number of nitrogens with zero attached hydrogens (tertiary/aromatic N) is 2. The maximum atomic E-state index is 12.7. The molecule has 3 rings (SSSR count). The lowest BCUT2D eigenvalue weighted by Crippen LogP contribution is -2.23. The zero-order valence-corrected chi connectivity index (χ0v) is 16.8. The fraction of sp³-hybridized carbons (Fsp3) is 0.273. The van der Waals surface area contributed by atoms with Crippen LogP contribution in [0.4, 0.5) is 5.69 Å². The van der Waals surface area contributed by atoms with Crippen molar-refractivity contribution in [3.63, 3.8) is 0 Å². The Hall–Kier alpha value is -2.53. The third-order valence-corrected chi connectivity index (χ3v) is 5.32. The predicted octanol–water partition coefficient (Wildman–Crippen LogP) is 5.27. The van der Waals surface area contributed by atoms with Crippen LogP contribution in [-0.2, 0) is 11.2 Å². The van der Waals surface area contributed by atoms with E-state index in [1.54, 1.807) is 11.9 Å². The Morgan fingerprint density at radius 3 is 2.63 bits per heavy atom. The van der Waals surface area contributed by atoms with Crippen molar-refractivity contribution in [3.8, 4) is 5.75 Å². The number of benzene rings is 2. The Morgan fingerprint density at radius 1 is 1.11 bits per heavy atom. The van der Waals surface area contributed by atoms with E-state index in [1.807, 2.05) is 48.5 Å². The van der Waals surface area contributed by atoms with Gasteiger partial charge in [-0.05, 0) is 48.4 Å². The number of amides is 1. The summed E-state index contributed by atoms with van der Waals surface area (Å²) in [4.78, 5) is 19.7. The Morgan fingerprint density at radius 2 is 1.85 bits per heavy atom. The zero-order chi connectivity index (χ0) is 19.2. The molecule has 0 aliphatic carbocycles. The van der Waals surface area contributed by atoms with Crippen molar-refractivity contribution in [2.24, 2.45) is 4.99 Å². The Labute approximate surface area is 164 Å². The Kier molecular flexibility index (Phi) is 6.35. The number of carbonyl (C=O) groups excluding carboxylic acids is 1. The summed E-state index contributed by atoms with van der Waals surface area (Å²) in [7, 11) is 1.77. The largest absolute Gasteiger partial charge is 0.493 e. The second kappa shape index (κ2) is 8.91. The first-order valence-corrected chi connectivity index (χ1v) is 10.0. The minimum atomic E-state index is -0.0435. The van der Waals surface area contributed by atoms with Gasteiger partial charge in [-0.3, -0.25) is 9.69 Å². The van der Waals surface area contributed by atoms with Gasteiger partial charge in [0.25, 0.3) is 5.91 Å². The second-order valence-electron chi connectivity index (χ2n) is 6.24. The van der Waals surface area contributed by atoms with E-state index in [9.17, 15) is 4.79 Å². The lowest BCUT2D eigenvalue weighted by molar-refractivity contribution is -0.121. The van der Waals surface area contributed by atoms with E-state index in [4.69, 9.17) is 9.73 Å². The highest BCUT2D eigenvalue weighted by molar-refractivity contribution is 8.18. The first kappa shape index (κ1) is 19.2. The normalized spacial score (nSPS) is 17.1. The number of para-hydroxylation sites is 2. The summed E-state index contributed by atoms with van der Waals surface area (Å²) in [5.74, 6) is 0.752. The van der Waals surface area contributed by atoms with Gasteiger partial charge in [0, 0.05) is 12.6 Å². The van der Waals surface area contributed by atoms with Crippen LogP contribution in [0.15, 0.2) is 58.4 Å². The van der Waals surface area contributed by atoms with Crippen molar-refractivity contribution in [2.45, 2.75) is 26.7 Å². The molecular formula is C22H24N2O2S. The lowest BCUT2D eigenvalue weighted by Gasteiger charge is -2.09. The standard InChI is InChI=1S/C22H24N2O2S/c1-4-14-26-19-13-9-7-11-17(19)15-20-21(25)24(3)22(27-20)23-18-12-8-6-10-16(18)5-2/h6-13,15H,4-5,14H2,1-3H3/b20-15+,23-22?. The number of aryl methyl sites for hydroxylation is 1. The highest BCUT2D eigenvalue weighted by Gasteiger charge is 2.30. The van der Waals surface area contributed by atoms with Gasteiger partial charge in [-0.2, -0.15) is 0 Å². The van der Waals surface area contributed by atoms with Gasteiger partial charge in [0.2, 0.25) is 0 Å². The molecule has 0 atom stereocenters. The number of rotatable bonds is 6. The number of hydrogen-bond acceptors (Lipinski definition) is 4. The summed E-state index contributed by atoms with van der Waals surface area (Å²) in [6.07, 6.45) is 3.73. The van der Waals surface area contributed by atoms with E-state index in [1.165, 1.54) is 17.3 Å². The Bertz CT molecular complexity index is 889. The Balaban J connectivity index is 1.90. The van der Waals surface area contributed by atoms with Crippen molar-refractivity contribution in [1.29, 1.82) is 0 Å². The van der Waals surface area contributed by atoms with Crippen LogP contribution in [0.5, 0.6) is 5.75 Å². The summed E-state index contributed by atoms with van der Waals surface area (Å²) in [5.41, 5.74) is 2.99. The van der Waals surface area contributed by atoms with Gasteiger partial charge in [-0.25, -0.2) is 4.99 Å². The van der Waals surface area contributed by atoms with E-state index in [-0.39, 0.29) is 5.91 Å². The molecule has 0 unspecified atom stereocenters. The molecule has 2 aromatic rings. The van der Waals surface area contributed by atoms with Crippen LogP contribution in [0.1, 0.15) is 31.4 Å². The van der Waals surface area contributed by atoms with E-state index in [2.05, 4.69) is 19.9 Å².